The largest absolute Gasteiger partial charge is 0.378 e. The van der Waals surface area contributed by atoms with Gasteiger partial charge in [0.2, 0.25) is 5.91 Å². The van der Waals surface area contributed by atoms with Gasteiger partial charge in [-0.2, -0.15) is 0 Å². The van der Waals surface area contributed by atoms with Gasteiger partial charge < -0.3 is 14.8 Å². The Morgan fingerprint density at radius 2 is 2.36 bits per heavy atom. The Kier molecular flexibility index (Phi) is 5.79. The average Bonchev–Trinajstić information content (AvgIpc) is 2.99. The van der Waals surface area contributed by atoms with E-state index in [1.807, 2.05) is 0 Å². The smallest absolute Gasteiger partial charge is 0.271 e. The molecule has 1 heterocycles. The molecule has 1 amide bonds. The molecule has 7 nitrogen and oxygen atoms in total. The number of carbonyl (C=O) groups excluding carboxylic acids is 1. The number of rotatable bonds is 7. The molecular weight excluding hydrogens is 295 g/mol. The van der Waals surface area contributed by atoms with Crippen molar-refractivity contribution in [2.45, 2.75) is 25.4 Å². The van der Waals surface area contributed by atoms with Crippen molar-refractivity contribution in [3.8, 4) is 0 Å². The zero-order valence-electron chi connectivity index (χ0n) is 11.9. The SMILES string of the molecule is O=C(CCOCC1CCCO1)Nc1cc([N+](=O)[O-])ccc1F. The highest BCUT2D eigenvalue weighted by molar-refractivity contribution is 5.91. The van der Waals surface area contributed by atoms with Crippen molar-refractivity contribution >= 4 is 17.3 Å². The van der Waals surface area contributed by atoms with E-state index < -0.39 is 16.6 Å². The highest BCUT2D eigenvalue weighted by Crippen LogP contribution is 2.21. The van der Waals surface area contributed by atoms with Crippen molar-refractivity contribution < 1.29 is 23.6 Å². The molecule has 0 saturated carbocycles. The van der Waals surface area contributed by atoms with Crippen LogP contribution in [0.4, 0.5) is 15.8 Å². The summed E-state index contributed by atoms with van der Waals surface area (Å²) >= 11 is 0. The molecule has 1 saturated heterocycles. The Morgan fingerprint density at radius 1 is 1.55 bits per heavy atom. The summed E-state index contributed by atoms with van der Waals surface area (Å²) in [7, 11) is 0. The summed E-state index contributed by atoms with van der Waals surface area (Å²) in [6.45, 7) is 1.35. The quantitative estimate of drug-likeness (QED) is 0.474. The fraction of sp³-hybridized carbons (Fsp3) is 0.500. The van der Waals surface area contributed by atoms with Crippen LogP contribution in [-0.4, -0.2) is 36.8 Å². The molecule has 0 aliphatic carbocycles. The normalized spacial score (nSPS) is 17.4. The number of halogens is 1. The van der Waals surface area contributed by atoms with Crippen molar-refractivity contribution in [1.82, 2.24) is 0 Å². The van der Waals surface area contributed by atoms with Crippen LogP contribution >= 0.6 is 0 Å². The Balaban J connectivity index is 1.76. The van der Waals surface area contributed by atoms with Gasteiger partial charge >= 0.3 is 0 Å². The van der Waals surface area contributed by atoms with Crippen molar-refractivity contribution in [3.63, 3.8) is 0 Å². The molecule has 120 valence electrons. The fourth-order valence-electron chi connectivity index (χ4n) is 2.09. The summed E-state index contributed by atoms with van der Waals surface area (Å²) in [4.78, 5) is 21.7. The van der Waals surface area contributed by atoms with Crippen LogP contribution < -0.4 is 5.32 Å². The van der Waals surface area contributed by atoms with Gasteiger partial charge in [0, 0.05) is 18.7 Å². The summed E-state index contributed by atoms with van der Waals surface area (Å²) < 4.78 is 24.2. The maximum Gasteiger partial charge on any atom is 0.271 e. The Labute approximate surface area is 126 Å². The van der Waals surface area contributed by atoms with E-state index in [1.54, 1.807) is 0 Å². The molecule has 1 unspecified atom stereocenters. The molecule has 2 rings (SSSR count). The third kappa shape index (κ3) is 4.74. The molecule has 22 heavy (non-hydrogen) atoms. The Bertz CT molecular complexity index is 546. The van der Waals surface area contributed by atoms with E-state index in [9.17, 15) is 19.3 Å². The number of non-ortho nitro benzene ring substituents is 1. The predicted octanol–water partition coefficient (Wildman–Crippen LogP) is 2.26. The summed E-state index contributed by atoms with van der Waals surface area (Å²) in [5.41, 5.74) is -0.496. The van der Waals surface area contributed by atoms with E-state index in [2.05, 4.69) is 5.32 Å². The monoisotopic (exact) mass is 312 g/mol. The van der Waals surface area contributed by atoms with Gasteiger partial charge in [-0.05, 0) is 18.9 Å². The van der Waals surface area contributed by atoms with E-state index in [4.69, 9.17) is 9.47 Å². The second kappa shape index (κ2) is 7.81. The van der Waals surface area contributed by atoms with Gasteiger partial charge in [0.25, 0.3) is 5.69 Å². The van der Waals surface area contributed by atoms with Crippen LogP contribution in [0, 0.1) is 15.9 Å². The van der Waals surface area contributed by atoms with Gasteiger partial charge in [-0.15, -0.1) is 0 Å². The molecule has 0 spiro atoms. The molecule has 8 heteroatoms. The fourth-order valence-corrected chi connectivity index (χ4v) is 2.09. The lowest BCUT2D eigenvalue weighted by atomic mass is 10.2. The number of ether oxygens (including phenoxy) is 2. The van der Waals surface area contributed by atoms with Gasteiger partial charge in [0.15, 0.2) is 0 Å². The second-order valence-corrected chi connectivity index (χ2v) is 4.93. The van der Waals surface area contributed by atoms with Gasteiger partial charge in [0.05, 0.1) is 36.3 Å². The molecule has 1 aliphatic heterocycles. The molecule has 0 bridgehead atoms. The third-order valence-corrected chi connectivity index (χ3v) is 3.24. The van der Waals surface area contributed by atoms with Crippen LogP contribution in [0.1, 0.15) is 19.3 Å². The maximum atomic E-state index is 13.5. The van der Waals surface area contributed by atoms with Gasteiger partial charge in [-0.1, -0.05) is 0 Å². The second-order valence-electron chi connectivity index (χ2n) is 4.93. The number of nitrogens with zero attached hydrogens (tertiary/aromatic N) is 1. The standard InChI is InChI=1S/C14H17FN2O5/c15-12-4-3-10(17(19)20)8-13(12)16-14(18)5-7-21-9-11-2-1-6-22-11/h3-4,8,11H,1-2,5-7,9H2,(H,16,18). The lowest BCUT2D eigenvalue weighted by Crippen LogP contribution is -2.18. The van der Waals surface area contributed by atoms with Gasteiger partial charge in [-0.25, -0.2) is 4.39 Å². The summed E-state index contributed by atoms with van der Waals surface area (Å²) in [6, 6.07) is 2.97. The highest BCUT2D eigenvalue weighted by Gasteiger charge is 2.16. The number of benzene rings is 1. The van der Waals surface area contributed by atoms with Crippen LogP contribution in [0.5, 0.6) is 0 Å². The number of nitro groups is 1. The van der Waals surface area contributed by atoms with E-state index in [-0.39, 0.29) is 30.5 Å². The average molecular weight is 312 g/mol. The summed E-state index contributed by atoms with van der Waals surface area (Å²) in [5, 5.41) is 12.9. The first-order valence-corrected chi connectivity index (χ1v) is 6.99. The van der Waals surface area contributed by atoms with Gasteiger partial charge in [-0.3, -0.25) is 14.9 Å². The lowest BCUT2D eigenvalue weighted by molar-refractivity contribution is -0.384. The zero-order chi connectivity index (χ0) is 15.9. The molecule has 1 aromatic carbocycles. The Morgan fingerprint density at radius 3 is 3.05 bits per heavy atom. The van der Waals surface area contributed by atoms with E-state index in [0.717, 1.165) is 37.6 Å². The molecule has 1 atom stereocenters. The number of nitro benzene ring substituents is 1. The van der Waals surface area contributed by atoms with Gasteiger partial charge in [0.1, 0.15) is 5.82 Å². The predicted molar refractivity (Wildman–Crippen MR) is 76.1 cm³/mol. The number of anilines is 1. The number of hydrogen-bond acceptors (Lipinski definition) is 5. The van der Waals surface area contributed by atoms with Crippen LogP contribution in [0.3, 0.4) is 0 Å². The minimum Gasteiger partial charge on any atom is -0.378 e. The highest BCUT2D eigenvalue weighted by atomic mass is 19.1. The third-order valence-electron chi connectivity index (χ3n) is 3.24. The number of hydrogen-bond donors (Lipinski definition) is 1. The van der Waals surface area contributed by atoms with Crippen molar-refractivity contribution in [1.29, 1.82) is 0 Å². The van der Waals surface area contributed by atoms with E-state index in [1.165, 1.54) is 0 Å². The lowest BCUT2D eigenvalue weighted by Gasteiger charge is -2.10. The molecule has 0 radical (unpaired) electrons. The van der Waals surface area contributed by atoms with Crippen molar-refractivity contribution in [3.05, 3.63) is 34.1 Å². The minimum atomic E-state index is -0.723. The topological polar surface area (TPSA) is 90.7 Å². The zero-order valence-corrected chi connectivity index (χ0v) is 11.9. The number of carbonyl (C=O) groups is 1. The summed E-state index contributed by atoms with van der Waals surface area (Å²) in [6.07, 6.45) is 2.08. The molecule has 1 aromatic rings. The molecule has 1 aliphatic rings. The first-order valence-electron chi connectivity index (χ1n) is 6.99. The van der Waals surface area contributed by atoms with Crippen molar-refractivity contribution in [2.24, 2.45) is 0 Å². The number of amides is 1. The molecule has 0 aromatic heterocycles. The van der Waals surface area contributed by atoms with Crippen LogP contribution in [0.25, 0.3) is 0 Å². The first-order chi connectivity index (χ1) is 10.6. The van der Waals surface area contributed by atoms with Crippen LogP contribution in [0.2, 0.25) is 0 Å². The van der Waals surface area contributed by atoms with E-state index in [0.29, 0.717) is 6.61 Å². The maximum absolute atomic E-state index is 13.5. The van der Waals surface area contributed by atoms with Crippen molar-refractivity contribution in [2.75, 3.05) is 25.1 Å². The minimum absolute atomic E-state index is 0.0366. The number of nitrogens with one attached hydrogen (secondary N) is 1. The molecule has 1 N–H and O–H groups in total. The molecular formula is C14H17FN2O5. The van der Waals surface area contributed by atoms with Crippen LogP contribution in [-0.2, 0) is 14.3 Å². The summed E-state index contributed by atoms with van der Waals surface area (Å²) in [5.74, 6) is -1.19. The molecule has 1 fully saturated rings. The van der Waals surface area contributed by atoms with Crippen LogP contribution in [0.15, 0.2) is 18.2 Å². The first kappa shape index (κ1) is 16.3. The van der Waals surface area contributed by atoms with E-state index >= 15 is 0 Å². The Hall–Kier alpha value is -2.06.